The van der Waals surface area contributed by atoms with Crippen LogP contribution in [0.2, 0.25) is 5.02 Å². The molecule has 0 radical (unpaired) electrons. The van der Waals surface area contributed by atoms with Crippen molar-refractivity contribution in [3.8, 4) is 0 Å². The lowest BCUT2D eigenvalue weighted by Crippen LogP contribution is -1.95. The predicted molar refractivity (Wildman–Crippen MR) is 82.7 cm³/mol. The number of aromatic nitrogens is 2. The van der Waals surface area contributed by atoms with Gasteiger partial charge in [0.15, 0.2) is 5.82 Å². The van der Waals surface area contributed by atoms with Gasteiger partial charge < -0.3 is 4.52 Å². The Hall–Kier alpha value is -1.84. The van der Waals surface area contributed by atoms with Gasteiger partial charge >= 0.3 is 0 Å². The average molecular weight is 319 g/mol. The minimum Gasteiger partial charge on any atom is -0.337 e. The van der Waals surface area contributed by atoms with Crippen LogP contribution in [0.4, 0.5) is 0 Å². The van der Waals surface area contributed by atoms with Crippen molar-refractivity contribution in [1.29, 1.82) is 0 Å². The summed E-state index contributed by atoms with van der Waals surface area (Å²) < 4.78 is 5.26. The number of alkyl halides is 1. The topological polar surface area (TPSA) is 38.9 Å². The van der Waals surface area contributed by atoms with Crippen LogP contribution in [-0.2, 0) is 6.42 Å². The minimum atomic E-state index is -0.433. The molecule has 1 atom stereocenters. The van der Waals surface area contributed by atoms with Crippen LogP contribution in [-0.4, -0.2) is 10.1 Å². The van der Waals surface area contributed by atoms with E-state index in [1.54, 1.807) is 0 Å². The lowest BCUT2D eigenvalue weighted by molar-refractivity contribution is 0.377. The molecular formula is C16H12Cl2N2O. The third-order valence-corrected chi connectivity index (χ3v) is 3.76. The molecule has 1 aromatic heterocycles. The summed E-state index contributed by atoms with van der Waals surface area (Å²) >= 11 is 12.2. The van der Waals surface area contributed by atoms with Crippen molar-refractivity contribution in [2.24, 2.45) is 0 Å². The second-order valence-electron chi connectivity index (χ2n) is 4.63. The highest BCUT2D eigenvalue weighted by molar-refractivity contribution is 6.30. The van der Waals surface area contributed by atoms with Gasteiger partial charge in [0.25, 0.3) is 0 Å². The second-order valence-corrected chi connectivity index (χ2v) is 5.50. The highest BCUT2D eigenvalue weighted by Crippen LogP contribution is 2.27. The van der Waals surface area contributed by atoms with Gasteiger partial charge in [-0.05, 0) is 23.3 Å². The summed E-state index contributed by atoms with van der Waals surface area (Å²) in [6, 6.07) is 17.2. The van der Waals surface area contributed by atoms with E-state index in [0.29, 0.717) is 23.2 Å². The highest BCUT2D eigenvalue weighted by Gasteiger charge is 2.18. The number of rotatable bonds is 4. The van der Waals surface area contributed by atoms with Gasteiger partial charge in [-0.2, -0.15) is 4.98 Å². The zero-order valence-electron chi connectivity index (χ0n) is 11.0. The van der Waals surface area contributed by atoms with Crippen LogP contribution in [0.3, 0.4) is 0 Å². The van der Waals surface area contributed by atoms with Gasteiger partial charge in [-0.15, -0.1) is 11.6 Å². The van der Waals surface area contributed by atoms with E-state index in [1.165, 1.54) is 0 Å². The van der Waals surface area contributed by atoms with E-state index in [9.17, 15) is 0 Å². The Labute approximate surface area is 132 Å². The third kappa shape index (κ3) is 3.43. The van der Waals surface area contributed by atoms with E-state index < -0.39 is 5.38 Å². The normalized spacial score (nSPS) is 12.3. The summed E-state index contributed by atoms with van der Waals surface area (Å²) in [5.41, 5.74) is 2.00. The summed E-state index contributed by atoms with van der Waals surface area (Å²) in [6.45, 7) is 0. The highest BCUT2D eigenvalue weighted by atomic mass is 35.5. The van der Waals surface area contributed by atoms with Crippen LogP contribution < -0.4 is 0 Å². The smallest absolute Gasteiger partial charge is 0.249 e. The summed E-state index contributed by atoms with van der Waals surface area (Å²) in [7, 11) is 0. The van der Waals surface area contributed by atoms with Gasteiger partial charge in [0.1, 0.15) is 5.38 Å². The first-order valence-electron chi connectivity index (χ1n) is 6.48. The number of hydrogen-bond acceptors (Lipinski definition) is 3. The van der Waals surface area contributed by atoms with Gasteiger partial charge in [-0.1, -0.05) is 59.2 Å². The molecule has 1 heterocycles. The Bertz CT molecular complexity index is 711. The van der Waals surface area contributed by atoms with Crippen LogP contribution in [0, 0.1) is 0 Å². The summed E-state index contributed by atoms with van der Waals surface area (Å²) in [5, 5.41) is 4.25. The SMILES string of the molecule is Clc1ccc(Cc2noc(C(Cl)c3ccccc3)n2)cc1. The quantitative estimate of drug-likeness (QED) is 0.658. The first-order chi connectivity index (χ1) is 10.2. The molecule has 3 nitrogen and oxygen atoms in total. The van der Waals surface area contributed by atoms with E-state index in [4.69, 9.17) is 27.7 Å². The molecule has 0 amide bonds. The molecular weight excluding hydrogens is 307 g/mol. The Kier molecular flexibility index (Phi) is 4.23. The van der Waals surface area contributed by atoms with E-state index in [0.717, 1.165) is 11.1 Å². The van der Waals surface area contributed by atoms with Crippen LogP contribution >= 0.6 is 23.2 Å². The Morgan fingerprint density at radius 2 is 1.71 bits per heavy atom. The monoisotopic (exact) mass is 318 g/mol. The molecule has 21 heavy (non-hydrogen) atoms. The molecule has 0 aliphatic heterocycles. The maximum absolute atomic E-state index is 6.36. The van der Waals surface area contributed by atoms with Crippen LogP contribution in [0.5, 0.6) is 0 Å². The number of nitrogens with zero attached hydrogens (tertiary/aromatic N) is 2. The molecule has 0 aliphatic rings. The zero-order valence-corrected chi connectivity index (χ0v) is 12.6. The molecule has 0 aliphatic carbocycles. The van der Waals surface area contributed by atoms with Crippen molar-refractivity contribution in [1.82, 2.24) is 10.1 Å². The number of halogens is 2. The van der Waals surface area contributed by atoms with Gasteiger partial charge in [0, 0.05) is 11.4 Å². The summed E-state index contributed by atoms with van der Waals surface area (Å²) in [6.07, 6.45) is 0.582. The van der Waals surface area contributed by atoms with Crippen LogP contribution in [0.1, 0.15) is 28.2 Å². The van der Waals surface area contributed by atoms with Crippen LogP contribution in [0.25, 0.3) is 0 Å². The maximum Gasteiger partial charge on any atom is 0.249 e. The molecule has 0 bridgehead atoms. The Balaban J connectivity index is 1.75. The van der Waals surface area contributed by atoms with Gasteiger partial charge in [0.2, 0.25) is 5.89 Å². The van der Waals surface area contributed by atoms with Gasteiger partial charge in [0.05, 0.1) is 0 Å². The van der Waals surface area contributed by atoms with Crippen molar-refractivity contribution in [3.63, 3.8) is 0 Å². The molecule has 3 aromatic rings. The zero-order chi connectivity index (χ0) is 14.7. The van der Waals surface area contributed by atoms with Crippen molar-refractivity contribution in [2.45, 2.75) is 11.8 Å². The molecule has 0 saturated carbocycles. The predicted octanol–water partition coefficient (Wildman–Crippen LogP) is 4.64. The minimum absolute atomic E-state index is 0.409. The Morgan fingerprint density at radius 3 is 2.43 bits per heavy atom. The second kappa shape index (κ2) is 6.29. The van der Waals surface area contributed by atoms with Crippen molar-refractivity contribution in [3.05, 3.63) is 82.5 Å². The third-order valence-electron chi connectivity index (χ3n) is 3.07. The van der Waals surface area contributed by atoms with Gasteiger partial charge in [-0.3, -0.25) is 0 Å². The van der Waals surface area contributed by atoms with E-state index >= 15 is 0 Å². The Morgan fingerprint density at radius 1 is 1.00 bits per heavy atom. The molecule has 2 aromatic carbocycles. The number of benzene rings is 2. The first-order valence-corrected chi connectivity index (χ1v) is 7.30. The molecule has 3 rings (SSSR count). The van der Waals surface area contributed by atoms with Crippen molar-refractivity contribution in [2.75, 3.05) is 0 Å². The molecule has 5 heteroatoms. The largest absolute Gasteiger partial charge is 0.337 e. The van der Waals surface area contributed by atoms with E-state index in [2.05, 4.69) is 10.1 Å². The fourth-order valence-electron chi connectivity index (χ4n) is 1.99. The average Bonchev–Trinajstić information content (AvgIpc) is 2.98. The fraction of sp³-hybridized carbons (Fsp3) is 0.125. The van der Waals surface area contributed by atoms with E-state index in [-0.39, 0.29) is 0 Å². The molecule has 0 spiro atoms. The lowest BCUT2D eigenvalue weighted by atomic mass is 10.1. The molecule has 0 saturated heterocycles. The van der Waals surface area contributed by atoms with Crippen LogP contribution in [0.15, 0.2) is 59.1 Å². The summed E-state index contributed by atoms with van der Waals surface area (Å²) in [4.78, 5) is 4.36. The van der Waals surface area contributed by atoms with Crippen molar-refractivity contribution < 1.29 is 4.52 Å². The molecule has 0 N–H and O–H groups in total. The first kappa shape index (κ1) is 14.1. The molecule has 0 fully saturated rings. The standard InChI is InChI=1S/C16H12Cl2N2O/c17-13-8-6-11(7-9-13)10-14-19-16(21-20-14)15(18)12-4-2-1-3-5-12/h1-9,15H,10H2. The van der Waals surface area contributed by atoms with E-state index in [1.807, 2.05) is 54.6 Å². The molecule has 106 valence electrons. The molecule has 1 unspecified atom stereocenters. The lowest BCUT2D eigenvalue weighted by Gasteiger charge is -2.03. The van der Waals surface area contributed by atoms with Crippen molar-refractivity contribution >= 4 is 23.2 Å². The summed E-state index contributed by atoms with van der Waals surface area (Å²) in [5.74, 6) is 1.01. The number of hydrogen-bond donors (Lipinski definition) is 0. The van der Waals surface area contributed by atoms with Gasteiger partial charge in [-0.25, -0.2) is 0 Å². The fourth-order valence-corrected chi connectivity index (χ4v) is 2.35. The maximum atomic E-state index is 6.36.